The Morgan fingerprint density at radius 3 is 2.42 bits per heavy atom. The Hall–Kier alpha value is -2.45. The Labute approximate surface area is 182 Å². The normalized spacial score (nSPS) is 19.4. The molecule has 1 aliphatic rings. The smallest absolute Gasteiger partial charge is 0.174 e. The predicted octanol–water partition coefficient (Wildman–Crippen LogP) is 6.66. The molecule has 3 rings (SSSR count). The summed E-state index contributed by atoms with van der Waals surface area (Å²) in [6, 6.07) is 8.00. The lowest BCUT2D eigenvalue weighted by Crippen LogP contribution is -2.12. The van der Waals surface area contributed by atoms with E-state index in [1.165, 1.54) is 12.1 Å². The summed E-state index contributed by atoms with van der Waals surface area (Å²) >= 11 is 0. The molecule has 1 aliphatic carbocycles. The van der Waals surface area contributed by atoms with Crippen molar-refractivity contribution in [2.24, 2.45) is 5.92 Å². The van der Waals surface area contributed by atoms with Gasteiger partial charge in [-0.15, -0.1) is 0 Å². The number of aliphatic hydroxyl groups is 1. The summed E-state index contributed by atoms with van der Waals surface area (Å²) in [6.45, 7) is 4.12. The fraction of sp³-hybridized carbons (Fsp3) is 0.462. The highest BCUT2D eigenvalue weighted by atomic mass is 19.2. The second-order valence-corrected chi connectivity index (χ2v) is 8.08. The van der Waals surface area contributed by atoms with E-state index in [0.717, 1.165) is 31.2 Å². The molecule has 1 atom stereocenters. The minimum absolute atomic E-state index is 0.0145. The van der Waals surface area contributed by atoms with E-state index in [2.05, 4.69) is 11.8 Å². The van der Waals surface area contributed by atoms with Gasteiger partial charge < -0.3 is 9.84 Å². The van der Waals surface area contributed by atoms with Crippen molar-refractivity contribution < 1.29 is 23.0 Å². The molecule has 166 valence electrons. The molecule has 5 heteroatoms. The average molecular weight is 431 g/mol. The van der Waals surface area contributed by atoms with Gasteiger partial charge in [-0.1, -0.05) is 37.3 Å². The number of ether oxygens (including phenoxy) is 1. The Balaban J connectivity index is 1.63. The van der Waals surface area contributed by atoms with Crippen LogP contribution in [0.3, 0.4) is 0 Å². The molecule has 0 amide bonds. The maximum Gasteiger partial charge on any atom is 0.174 e. The van der Waals surface area contributed by atoms with Gasteiger partial charge in [0.1, 0.15) is 0 Å². The van der Waals surface area contributed by atoms with Crippen molar-refractivity contribution in [2.45, 2.75) is 64.4 Å². The number of hydrogen-bond donors (Lipinski definition) is 1. The molecule has 31 heavy (non-hydrogen) atoms. The third-order valence-corrected chi connectivity index (χ3v) is 5.90. The Kier molecular flexibility index (Phi) is 8.03. The van der Waals surface area contributed by atoms with Crippen LogP contribution in [0.4, 0.5) is 13.2 Å². The highest BCUT2D eigenvalue weighted by molar-refractivity contribution is 5.40. The Morgan fingerprint density at radius 1 is 1.03 bits per heavy atom. The third kappa shape index (κ3) is 5.62. The van der Waals surface area contributed by atoms with Crippen molar-refractivity contribution >= 4 is 0 Å². The van der Waals surface area contributed by atoms with Gasteiger partial charge in [0.15, 0.2) is 23.2 Å². The third-order valence-electron chi connectivity index (χ3n) is 5.90. The van der Waals surface area contributed by atoms with Gasteiger partial charge in [0.25, 0.3) is 0 Å². The number of hydrogen-bond acceptors (Lipinski definition) is 2. The van der Waals surface area contributed by atoms with Crippen molar-refractivity contribution in [1.29, 1.82) is 0 Å². The number of benzene rings is 2. The molecule has 0 saturated heterocycles. The predicted molar refractivity (Wildman–Crippen MR) is 115 cm³/mol. The van der Waals surface area contributed by atoms with Crippen molar-refractivity contribution in [3.63, 3.8) is 0 Å². The zero-order chi connectivity index (χ0) is 22.4. The molecule has 0 radical (unpaired) electrons. The van der Waals surface area contributed by atoms with Crippen molar-refractivity contribution in [2.75, 3.05) is 6.61 Å². The lowest BCUT2D eigenvalue weighted by Gasteiger charge is -2.26. The van der Waals surface area contributed by atoms with Gasteiger partial charge in [-0.3, -0.25) is 0 Å². The fourth-order valence-corrected chi connectivity index (χ4v) is 4.14. The SMILES string of the molecule is CCCC(O)c1ccc(C#CC2CCC(c3ccc(OCC)c(F)c3)CC2)c(F)c1F. The molecule has 2 nitrogen and oxygen atoms in total. The summed E-state index contributed by atoms with van der Waals surface area (Å²) in [5, 5.41) is 9.96. The quantitative estimate of drug-likeness (QED) is 0.519. The van der Waals surface area contributed by atoms with Gasteiger partial charge in [0, 0.05) is 11.5 Å². The molecule has 2 aromatic carbocycles. The van der Waals surface area contributed by atoms with Gasteiger partial charge in [-0.25, -0.2) is 13.2 Å². The van der Waals surface area contributed by atoms with Crippen molar-refractivity contribution in [1.82, 2.24) is 0 Å². The summed E-state index contributed by atoms with van der Waals surface area (Å²) in [4.78, 5) is 0. The van der Waals surface area contributed by atoms with Gasteiger partial charge in [0.05, 0.1) is 18.3 Å². The fourth-order valence-electron chi connectivity index (χ4n) is 4.14. The minimum Gasteiger partial charge on any atom is -0.491 e. The van der Waals surface area contributed by atoms with Crippen LogP contribution in [0.15, 0.2) is 30.3 Å². The van der Waals surface area contributed by atoms with Crippen LogP contribution in [-0.4, -0.2) is 11.7 Å². The molecule has 0 bridgehead atoms. The standard InChI is InChI=1S/C26H29F3O2/c1-3-5-23(30)21-14-12-19(25(28)26(21)29)11-8-17-6-9-18(10-7-17)20-13-15-24(31-4-2)22(27)16-20/h12-18,23,30H,3-7,9-10H2,1-2H3. The highest BCUT2D eigenvalue weighted by Gasteiger charge is 2.23. The minimum atomic E-state index is -1.02. The molecule has 1 unspecified atom stereocenters. The first-order valence-electron chi connectivity index (χ1n) is 11.0. The monoisotopic (exact) mass is 430 g/mol. The Morgan fingerprint density at radius 2 is 1.77 bits per heavy atom. The summed E-state index contributed by atoms with van der Waals surface area (Å²) in [5.74, 6) is 4.12. The van der Waals surface area contributed by atoms with E-state index < -0.39 is 17.7 Å². The second-order valence-electron chi connectivity index (χ2n) is 8.08. The van der Waals surface area contributed by atoms with Gasteiger partial charge in [-0.05, 0) is 68.7 Å². The van der Waals surface area contributed by atoms with Crippen molar-refractivity contribution in [3.05, 3.63) is 64.5 Å². The zero-order valence-corrected chi connectivity index (χ0v) is 18.1. The van der Waals surface area contributed by atoms with E-state index in [-0.39, 0.29) is 34.5 Å². The van der Waals surface area contributed by atoms with Crippen molar-refractivity contribution in [3.8, 4) is 17.6 Å². The molecular weight excluding hydrogens is 401 g/mol. The highest BCUT2D eigenvalue weighted by Crippen LogP contribution is 2.37. The largest absolute Gasteiger partial charge is 0.491 e. The van der Waals surface area contributed by atoms with E-state index in [9.17, 15) is 18.3 Å². The van der Waals surface area contributed by atoms with Crippen LogP contribution in [0.1, 0.15) is 81.1 Å². The van der Waals surface area contributed by atoms with Crippen LogP contribution < -0.4 is 4.74 Å². The van der Waals surface area contributed by atoms with Crippen LogP contribution in [0.25, 0.3) is 0 Å². The molecular formula is C26H29F3O2. The summed E-state index contributed by atoms with van der Waals surface area (Å²) in [7, 11) is 0. The first-order chi connectivity index (χ1) is 14.9. The van der Waals surface area contributed by atoms with Crippen LogP contribution in [0, 0.1) is 35.2 Å². The first kappa shape index (κ1) is 23.2. The van der Waals surface area contributed by atoms with Crippen LogP contribution >= 0.6 is 0 Å². The molecule has 0 heterocycles. The van der Waals surface area contributed by atoms with Gasteiger partial charge in [0.2, 0.25) is 0 Å². The summed E-state index contributed by atoms with van der Waals surface area (Å²) in [6.07, 6.45) is 3.42. The maximum atomic E-state index is 14.4. The van der Waals surface area contributed by atoms with E-state index in [1.807, 2.05) is 19.9 Å². The Bertz CT molecular complexity index is 953. The van der Waals surface area contributed by atoms with Gasteiger partial charge >= 0.3 is 0 Å². The topological polar surface area (TPSA) is 29.5 Å². The van der Waals surface area contributed by atoms with E-state index in [1.54, 1.807) is 12.1 Å². The van der Waals surface area contributed by atoms with Crippen LogP contribution in [0.5, 0.6) is 5.75 Å². The lowest BCUT2D eigenvalue weighted by molar-refractivity contribution is 0.160. The molecule has 1 fully saturated rings. The molecule has 0 aromatic heterocycles. The molecule has 0 spiro atoms. The molecule has 0 aliphatic heterocycles. The first-order valence-corrected chi connectivity index (χ1v) is 11.0. The summed E-state index contributed by atoms with van der Waals surface area (Å²) < 4.78 is 48.1. The number of halogens is 3. The molecule has 1 saturated carbocycles. The number of rotatable bonds is 6. The summed E-state index contributed by atoms with van der Waals surface area (Å²) in [5.41, 5.74) is 0.954. The maximum absolute atomic E-state index is 14.4. The van der Waals surface area contributed by atoms with Gasteiger partial charge in [-0.2, -0.15) is 0 Å². The van der Waals surface area contributed by atoms with Crippen LogP contribution in [-0.2, 0) is 0 Å². The van der Waals surface area contributed by atoms with E-state index in [4.69, 9.17) is 4.74 Å². The lowest BCUT2D eigenvalue weighted by atomic mass is 9.79. The van der Waals surface area contributed by atoms with E-state index >= 15 is 0 Å². The average Bonchev–Trinajstić information content (AvgIpc) is 2.77. The van der Waals surface area contributed by atoms with Crippen LogP contribution in [0.2, 0.25) is 0 Å². The van der Waals surface area contributed by atoms with E-state index in [0.29, 0.717) is 19.4 Å². The number of aliphatic hydroxyl groups excluding tert-OH is 1. The molecule has 1 N–H and O–H groups in total. The second kappa shape index (κ2) is 10.7. The molecule has 2 aromatic rings. The zero-order valence-electron chi connectivity index (χ0n) is 18.1.